The molecule has 0 bridgehead atoms. The molecule has 0 spiro atoms. The van der Waals surface area contributed by atoms with E-state index in [0.29, 0.717) is 5.41 Å². The molecule has 1 saturated heterocycles. The van der Waals surface area contributed by atoms with Crippen LogP contribution in [-0.2, 0) is 4.79 Å². The standard InChI is InChI=1S/C15H31N3O/c1-5-7-13(14(19)17-16)18-10-6-8-12(9-11-18)15(2,3)4/h12-13H,5-11,16H2,1-4H3,(H,17,19). The van der Waals surface area contributed by atoms with Gasteiger partial charge in [0, 0.05) is 0 Å². The van der Waals surface area contributed by atoms with Gasteiger partial charge in [-0.15, -0.1) is 0 Å². The average molecular weight is 269 g/mol. The van der Waals surface area contributed by atoms with Crippen LogP contribution in [0.1, 0.15) is 59.8 Å². The highest BCUT2D eigenvalue weighted by Crippen LogP contribution is 2.34. The quantitative estimate of drug-likeness (QED) is 0.468. The van der Waals surface area contributed by atoms with E-state index in [1.807, 2.05) is 0 Å². The molecule has 1 fully saturated rings. The van der Waals surface area contributed by atoms with E-state index in [9.17, 15) is 4.79 Å². The first kappa shape index (κ1) is 16.4. The molecule has 0 aromatic carbocycles. The molecule has 1 heterocycles. The van der Waals surface area contributed by atoms with Crippen LogP contribution in [0.3, 0.4) is 0 Å². The number of nitrogens with two attached hydrogens (primary N) is 1. The second-order valence-electron chi connectivity index (χ2n) is 6.84. The third-order valence-corrected chi connectivity index (χ3v) is 4.44. The van der Waals surface area contributed by atoms with E-state index in [4.69, 9.17) is 5.84 Å². The average Bonchev–Trinajstić information content (AvgIpc) is 2.60. The minimum Gasteiger partial charge on any atom is -0.293 e. The summed E-state index contributed by atoms with van der Waals surface area (Å²) in [7, 11) is 0. The van der Waals surface area contributed by atoms with Gasteiger partial charge in [0.2, 0.25) is 0 Å². The van der Waals surface area contributed by atoms with Crippen molar-refractivity contribution in [2.75, 3.05) is 13.1 Å². The molecule has 1 rings (SSSR count). The lowest BCUT2D eigenvalue weighted by atomic mass is 9.77. The summed E-state index contributed by atoms with van der Waals surface area (Å²) in [5, 5.41) is 0. The summed E-state index contributed by atoms with van der Waals surface area (Å²) in [5.41, 5.74) is 2.70. The fourth-order valence-corrected chi connectivity index (χ4v) is 3.15. The van der Waals surface area contributed by atoms with Gasteiger partial charge in [-0.25, -0.2) is 5.84 Å². The second kappa shape index (κ2) is 7.25. The Balaban J connectivity index is 2.66. The molecule has 0 aromatic heterocycles. The first-order valence-electron chi connectivity index (χ1n) is 7.64. The van der Waals surface area contributed by atoms with Gasteiger partial charge in [-0.05, 0) is 50.1 Å². The van der Waals surface area contributed by atoms with Crippen molar-refractivity contribution in [2.24, 2.45) is 17.2 Å². The van der Waals surface area contributed by atoms with Crippen LogP contribution in [0.4, 0.5) is 0 Å². The highest BCUT2D eigenvalue weighted by atomic mass is 16.2. The summed E-state index contributed by atoms with van der Waals surface area (Å²) < 4.78 is 0. The SMILES string of the molecule is CCCC(C(=O)NN)N1CCCC(C(C)(C)C)CC1. The van der Waals surface area contributed by atoms with Crippen molar-refractivity contribution in [1.82, 2.24) is 10.3 Å². The van der Waals surface area contributed by atoms with Gasteiger partial charge in [0.05, 0.1) is 6.04 Å². The molecule has 4 nitrogen and oxygen atoms in total. The fourth-order valence-electron chi connectivity index (χ4n) is 3.15. The topological polar surface area (TPSA) is 58.4 Å². The van der Waals surface area contributed by atoms with E-state index in [-0.39, 0.29) is 11.9 Å². The van der Waals surface area contributed by atoms with E-state index in [1.165, 1.54) is 19.3 Å². The summed E-state index contributed by atoms with van der Waals surface area (Å²) in [6, 6.07) is -0.0475. The number of nitrogens with zero attached hydrogens (tertiary/aromatic N) is 1. The number of hydrogen-bond donors (Lipinski definition) is 2. The minimum absolute atomic E-state index is 0.0314. The normalized spacial score (nSPS) is 23.7. The monoisotopic (exact) mass is 269 g/mol. The van der Waals surface area contributed by atoms with Crippen molar-refractivity contribution in [3.8, 4) is 0 Å². The zero-order valence-electron chi connectivity index (χ0n) is 13.0. The van der Waals surface area contributed by atoms with E-state index < -0.39 is 0 Å². The number of rotatable bonds is 4. The van der Waals surface area contributed by atoms with Gasteiger partial charge in [0.1, 0.15) is 0 Å². The number of hydrazine groups is 1. The number of amides is 1. The predicted octanol–water partition coefficient (Wildman–Crippen LogP) is 2.29. The number of hydrogen-bond acceptors (Lipinski definition) is 3. The lowest BCUT2D eigenvalue weighted by Crippen LogP contribution is -2.49. The van der Waals surface area contributed by atoms with Crippen LogP contribution < -0.4 is 11.3 Å². The number of carbonyl (C=O) groups excluding carboxylic acids is 1. The Morgan fingerprint density at radius 3 is 2.58 bits per heavy atom. The predicted molar refractivity (Wildman–Crippen MR) is 79.4 cm³/mol. The third kappa shape index (κ3) is 4.77. The second-order valence-corrected chi connectivity index (χ2v) is 6.84. The molecule has 1 aliphatic heterocycles. The number of carbonyl (C=O) groups is 1. The Hall–Kier alpha value is -0.610. The lowest BCUT2D eigenvalue weighted by Gasteiger charge is -2.31. The van der Waals surface area contributed by atoms with Crippen molar-refractivity contribution >= 4 is 5.91 Å². The van der Waals surface area contributed by atoms with Gasteiger partial charge < -0.3 is 0 Å². The van der Waals surface area contributed by atoms with Crippen LogP contribution in [0.15, 0.2) is 0 Å². The summed E-state index contributed by atoms with van der Waals surface area (Å²) in [6.07, 6.45) is 5.53. The first-order chi connectivity index (χ1) is 8.90. The van der Waals surface area contributed by atoms with E-state index in [1.54, 1.807) is 0 Å². The van der Waals surface area contributed by atoms with Crippen molar-refractivity contribution in [2.45, 2.75) is 65.8 Å². The molecule has 2 unspecified atom stereocenters. The van der Waals surface area contributed by atoms with Gasteiger partial charge in [-0.3, -0.25) is 15.1 Å². The molecular formula is C15H31N3O. The maximum Gasteiger partial charge on any atom is 0.251 e. The van der Waals surface area contributed by atoms with Crippen LogP contribution in [0.5, 0.6) is 0 Å². The molecule has 0 radical (unpaired) electrons. The molecule has 3 N–H and O–H groups in total. The summed E-state index contributed by atoms with van der Waals surface area (Å²) in [5.74, 6) is 6.04. The van der Waals surface area contributed by atoms with Gasteiger partial charge in [0.15, 0.2) is 0 Å². The maximum atomic E-state index is 11.9. The minimum atomic E-state index is -0.0475. The van der Waals surface area contributed by atoms with E-state index in [2.05, 4.69) is 38.0 Å². The molecule has 112 valence electrons. The maximum absolute atomic E-state index is 11.9. The Morgan fingerprint density at radius 2 is 2.05 bits per heavy atom. The van der Waals surface area contributed by atoms with Crippen molar-refractivity contribution < 1.29 is 4.79 Å². The van der Waals surface area contributed by atoms with Crippen LogP contribution >= 0.6 is 0 Å². The Morgan fingerprint density at radius 1 is 1.37 bits per heavy atom. The fraction of sp³-hybridized carbons (Fsp3) is 0.933. The Kier molecular flexibility index (Phi) is 6.27. The molecule has 19 heavy (non-hydrogen) atoms. The van der Waals surface area contributed by atoms with Crippen LogP contribution in [-0.4, -0.2) is 29.9 Å². The zero-order valence-corrected chi connectivity index (χ0v) is 13.0. The summed E-state index contributed by atoms with van der Waals surface area (Å²) in [4.78, 5) is 14.2. The number of likely N-dealkylation sites (tertiary alicyclic amines) is 1. The summed E-state index contributed by atoms with van der Waals surface area (Å²) >= 11 is 0. The molecule has 1 amide bonds. The summed E-state index contributed by atoms with van der Waals surface area (Å²) in [6.45, 7) is 11.1. The molecule has 0 aromatic rings. The van der Waals surface area contributed by atoms with Crippen LogP contribution in [0, 0.1) is 11.3 Å². The number of nitrogens with one attached hydrogen (secondary N) is 1. The van der Waals surface area contributed by atoms with Crippen molar-refractivity contribution in [3.63, 3.8) is 0 Å². The van der Waals surface area contributed by atoms with E-state index in [0.717, 1.165) is 31.8 Å². The molecule has 4 heteroatoms. The largest absolute Gasteiger partial charge is 0.293 e. The molecule has 2 atom stereocenters. The van der Waals surface area contributed by atoms with Crippen molar-refractivity contribution in [3.05, 3.63) is 0 Å². The smallest absolute Gasteiger partial charge is 0.251 e. The highest BCUT2D eigenvalue weighted by Gasteiger charge is 2.31. The zero-order chi connectivity index (χ0) is 14.5. The third-order valence-electron chi connectivity index (χ3n) is 4.44. The van der Waals surface area contributed by atoms with Gasteiger partial charge in [-0.2, -0.15) is 0 Å². The van der Waals surface area contributed by atoms with Crippen LogP contribution in [0.25, 0.3) is 0 Å². The molecule has 1 aliphatic rings. The molecular weight excluding hydrogens is 238 g/mol. The molecule has 0 saturated carbocycles. The van der Waals surface area contributed by atoms with Gasteiger partial charge >= 0.3 is 0 Å². The lowest BCUT2D eigenvalue weighted by molar-refractivity contribution is -0.126. The molecule has 0 aliphatic carbocycles. The van der Waals surface area contributed by atoms with Crippen LogP contribution in [0.2, 0.25) is 0 Å². The Labute approximate surface area is 118 Å². The van der Waals surface area contributed by atoms with Gasteiger partial charge in [0.25, 0.3) is 5.91 Å². The highest BCUT2D eigenvalue weighted by molar-refractivity contribution is 5.81. The van der Waals surface area contributed by atoms with Gasteiger partial charge in [-0.1, -0.05) is 34.1 Å². The Bertz CT molecular complexity index is 286. The first-order valence-corrected chi connectivity index (χ1v) is 7.64. The van der Waals surface area contributed by atoms with E-state index >= 15 is 0 Å². The van der Waals surface area contributed by atoms with Crippen molar-refractivity contribution in [1.29, 1.82) is 0 Å².